The Bertz CT molecular complexity index is 577. The van der Waals surface area contributed by atoms with E-state index in [9.17, 15) is 8.42 Å². The number of anilines is 1. The molecule has 0 aromatic carbocycles. The maximum absolute atomic E-state index is 12.9. The summed E-state index contributed by atoms with van der Waals surface area (Å²) in [5.41, 5.74) is 0. The van der Waals surface area contributed by atoms with Crippen LogP contribution in [0.4, 0.5) is 5.82 Å². The molecule has 1 aromatic heterocycles. The molecule has 2 rings (SSSR count). The summed E-state index contributed by atoms with van der Waals surface area (Å²) in [7, 11) is -3.51. The van der Waals surface area contributed by atoms with E-state index in [2.05, 4.69) is 26.2 Å². The van der Waals surface area contributed by atoms with Gasteiger partial charge in [-0.05, 0) is 48.7 Å². The van der Waals surface area contributed by atoms with E-state index in [4.69, 9.17) is 0 Å². The lowest BCUT2D eigenvalue weighted by atomic mass is 10.1. The molecule has 0 spiro atoms. The number of aromatic nitrogens is 1. The molecule has 112 valence electrons. The monoisotopic (exact) mass is 361 g/mol. The molecule has 1 aliphatic heterocycles. The Hall–Kier alpha value is -0.660. The van der Waals surface area contributed by atoms with Gasteiger partial charge in [0, 0.05) is 29.8 Å². The Balaban J connectivity index is 2.44. The van der Waals surface area contributed by atoms with Crippen LogP contribution >= 0.6 is 15.9 Å². The third-order valence-corrected chi connectivity index (χ3v) is 5.95. The van der Waals surface area contributed by atoms with Gasteiger partial charge in [-0.25, -0.2) is 13.4 Å². The van der Waals surface area contributed by atoms with Crippen molar-refractivity contribution in [1.82, 2.24) is 9.29 Å². The highest BCUT2D eigenvalue weighted by Gasteiger charge is 2.33. The van der Waals surface area contributed by atoms with Gasteiger partial charge < -0.3 is 5.32 Å². The summed E-state index contributed by atoms with van der Waals surface area (Å²) in [6.07, 6.45) is 4.53. The number of pyridine rings is 1. The van der Waals surface area contributed by atoms with Gasteiger partial charge in [-0.2, -0.15) is 4.31 Å². The second-order valence-electron chi connectivity index (χ2n) is 4.99. The Labute approximate surface area is 129 Å². The van der Waals surface area contributed by atoms with Crippen molar-refractivity contribution in [3.05, 3.63) is 16.7 Å². The van der Waals surface area contributed by atoms with Gasteiger partial charge in [0.25, 0.3) is 0 Å². The minimum atomic E-state index is -3.51. The summed E-state index contributed by atoms with van der Waals surface area (Å²) in [6.45, 7) is 5.10. The maximum Gasteiger partial charge on any atom is 0.247 e. The first-order valence-electron chi connectivity index (χ1n) is 6.88. The zero-order chi connectivity index (χ0) is 14.8. The number of halogens is 1. The smallest absolute Gasteiger partial charge is 0.247 e. The van der Waals surface area contributed by atoms with Crippen LogP contribution in [-0.2, 0) is 10.0 Å². The molecule has 2 heterocycles. The number of nitrogens with zero attached hydrogens (tertiary/aromatic N) is 2. The molecule has 1 aliphatic rings. The predicted molar refractivity (Wildman–Crippen MR) is 83.3 cm³/mol. The molecule has 1 N–H and O–H groups in total. The zero-order valence-corrected chi connectivity index (χ0v) is 14.2. The molecule has 0 saturated carbocycles. The van der Waals surface area contributed by atoms with E-state index in [-0.39, 0.29) is 10.9 Å². The van der Waals surface area contributed by atoms with Crippen LogP contribution in [0, 0.1) is 0 Å². The van der Waals surface area contributed by atoms with E-state index in [0.717, 1.165) is 19.3 Å². The molecule has 1 aromatic rings. The van der Waals surface area contributed by atoms with Crippen LogP contribution in [0.15, 0.2) is 21.6 Å². The van der Waals surface area contributed by atoms with Crippen LogP contribution in [0.5, 0.6) is 0 Å². The van der Waals surface area contributed by atoms with Gasteiger partial charge in [0.1, 0.15) is 10.7 Å². The molecule has 1 unspecified atom stereocenters. The molecule has 0 amide bonds. The molecule has 20 heavy (non-hydrogen) atoms. The lowest BCUT2D eigenvalue weighted by Crippen LogP contribution is -2.42. The van der Waals surface area contributed by atoms with Gasteiger partial charge in [0.15, 0.2) is 0 Å². The fourth-order valence-electron chi connectivity index (χ4n) is 2.47. The van der Waals surface area contributed by atoms with E-state index < -0.39 is 10.0 Å². The summed E-state index contributed by atoms with van der Waals surface area (Å²) in [5, 5.41) is 3.03. The molecule has 1 fully saturated rings. The minimum absolute atomic E-state index is 0.0437. The highest BCUT2D eigenvalue weighted by molar-refractivity contribution is 9.10. The van der Waals surface area contributed by atoms with Crippen LogP contribution in [0.2, 0.25) is 0 Å². The van der Waals surface area contributed by atoms with E-state index >= 15 is 0 Å². The Morgan fingerprint density at radius 1 is 1.50 bits per heavy atom. The fraction of sp³-hybridized carbons (Fsp3) is 0.615. The van der Waals surface area contributed by atoms with Gasteiger partial charge >= 0.3 is 0 Å². The maximum atomic E-state index is 12.9. The highest BCUT2D eigenvalue weighted by atomic mass is 79.9. The standard InChI is InChI=1S/C13H20BrN3O2S/c1-3-15-13-12(8-11(14)9-16-13)20(18,19)17-7-5-4-6-10(17)2/h8-10H,3-7H2,1-2H3,(H,15,16). The topological polar surface area (TPSA) is 62.3 Å². The van der Waals surface area contributed by atoms with Crippen molar-refractivity contribution in [2.45, 2.75) is 44.0 Å². The van der Waals surface area contributed by atoms with Crippen molar-refractivity contribution in [2.24, 2.45) is 0 Å². The molecular weight excluding hydrogens is 342 g/mol. The quantitative estimate of drug-likeness (QED) is 0.895. The van der Waals surface area contributed by atoms with Crippen molar-refractivity contribution in [3.63, 3.8) is 0 Å². The number of nitrogens with one attached hydrogen (secondary N) is 1. The molecule has 7 heteroatoms. The van der Waals surface area contributed by atoms with Crippen LogP contribution in [-0.4, -0.2) is 36.8 Å². The summed E-state index contributed by atoms with van der Waals surface area (Å²) in [6, 6.07) is 1.67. The van der Waals surface area contributed by atoms with Crippen molar-refractivity contribution in [3.8, 4) is 0 Å². The van der Waals surface area contributed by atoms with Gasteiger partial charge in [-0.15, -0.1) is 0 Å². The summed E-state index contributed by atoms with van der Waals surface area (Å²) >= 11 is 3.31. The van der Waals surface area contributed by atoms with Crippen molar-refractivity contribution >= 4 is 31.8 Å². The normalized spacial score (nSPS) is 20.9. The molecule has 1 atom stereocenters. The van der Waals surface area contributed by atoms with Crippen LogP contribution in [0.25, 0.3) is 0 Å². The lowest BCUT2D eigenvalue weighted by molar-refractivity contribution is 0.268. The Morgan fingerprint density at radius 3 is 2.90 bits per heavy atom. The third kappa shape index (κ3) is 3.15. The van der Waals surface area contributed by atoms with Crippen molar-refractivity contribution < 1.29 is 8.42 Å². The van der Waals surface area contributed by atoms with Gasteiger partial charge in [0.05, 0.1) is 0 Å². The van der Waals surface area contributed by atoms with E-state index in [1.807, 2.05) is 13.8 Å². The molecular formula is C13H20BrN3O2S. The number of sulfonamides is 1. The zero-order valence-electron chi connectivity index (χ0n) is 11.8. The second kappa shape index (κ2) is 6.41. The number of piperidine rings is 1. The summed E-state index contributed by atoms with van der Waals surface area (Å²) < 4.78 is 28.0. The van der Waals surface area contributed by atoms with Crippen LogP contribution in [0.3, 0.4) is 0 Å². The van der Waals surface area contributed by atoms with Crippen LogP contribution < -0.4 is 5.32 Å². The number of rotatable bonds is 4. The van der Waals surface area contributed by atoms with Gasteiger partial charge in [0.2, 0.25) is 10.0 Å². The number of hydrogen-bond acceptors (Lipinski definition) is 4. The number of hydrogen-bond donors (Lipinski definition) is 1. The first-order chi connectivity index (χ1) is 9.46. The minimum Gasteiger partial charge on any atom is -0.369 e. The Kier molecular flexibility index (Phi) is 5.04. The average Bonchev–Trinajstić information content (AvgIpc) is 2.41. The molecule has 0 radical (unpaired) electrons. The third-order valence-electron chi connectivity index (χ3n) is 3.49. The first-order valence-corrected chi connectivity index (χ1v) is 9.11. The predicted octanol–water partition coefficient (Wildman–Crippen LogP) is 2.84. The van der Waals surface area contributed by atoms with E-state index in [1.54, 1.807) is 16.6 Å². The second-order valence-corrected chi connectivity index (χ2v) is 7.77. The van der Waals surface area contributed by atoms with Crippen molar-refractivity contribution in [1.29, 1.82) is 0 Å². The van der Waals surface area contributed by atoms with Crippen molar-refractivity contribution in [2.75, 3.05) is 18.4 Å². The molecule has 1 saturated heterocycles. The first kappa shape index (κ1) is 15.7. The fourth-order valence-corrected chi connectivity index (χ4v) is 4.80. The van der Waals surface area contributed by atoms with Crippen LogP contribution in [0.1, 0.15) is 33.1 Å². The average molecular weight is 362 g/mol. The van der Waals surface area contributed by atoms with E-state index in [0.29, 0.717) is 23.4 Å². The molecule has 5 nitrogen and oxygen atoms in total. The summed E-state index contributed by atoms with van der Waals surface area (Å²) in [4.78, 5) is 4.44. The lowest BCUT2D eigenvalue weighted by Gasteiger charge is -2.32. The summed E-state index contributed by atoms with van der Waals surface area (Å²) in [5.74, 6) is 0.425. The molecule has 0 aliphatic carbocycles. The SMILES string of the molecule is CCNc1ncc(Br)cc1S(=O)(=O)N1CCCCC1C. The highest BCUT2D eigenvalue weighted by Crippen LogP contribution is 2.30. The van der Waals surface area contributed by atoms with Gasteiger partial charge in [-0.1, -0.05) is 6.42 Å². The van der Waals surface area contributed by atoms with E-state index in [1.165, 1.54) is 0 Å². The van der Waals surface area contributed by atoms with Gasteiger partial charge in [-0.3, -0.25) is 0 Å². The largest absolute Gasteiger partial charge is 0.369 e. The Morgan fingerprint density at radius 2 is 2.25 bits per heavy atom. The molecule has 0 bridgehead atoms.